The predicted molar refractivity (Wildman–Crippen MR) is 77.1 cm³/mol. The molecule has 1 aliphatic rings. The van der Waals surface area contributed by atoms with Crippen molar-refractivity contribution in [2.24, 2.45) is 0 Å². The van der Waals surface area contributed by atoms with Gasteiger partial charge < -0.3 is 15.0 Å². The first-order valence-electron chi connectivity index (χ1n) is 6.72. The number of esters is 1. The third kappa shape index (κ3) is 3.25. The summed E-state index contributed by atoms with van der Waals surface area (Å²) in [6.45, 7) is 6.06. The summed E-state index contributed by atoms with van der Waals surface area (Å²) in [5.74, 6) is -0.256. The lowest BCUT2D eigenvalue weighted by molar-refractivity contribution is 0.0531. The molecular weight excluding hydrogens is 262 g/mol. The maximum absolute atomic E-state index is 11.8. The van der Waals surface area contributed by atoms with Crippen LogP contribution in [0, 0.1) is 6.92 Å². The molecule has 0 aromatic carbocycles. The van der Waals surface area contributed by atoms with Crippen LogP contribution in [0.1, 0.15) is 35.1 Å². The highest BCUT2D eigenvalue weighted by Crippen LogP contribution is 2.28. The summed E-state index contributed by atoms with van der Waals surface area (Å²) in [6.07, 6.45) is 2.23. The van der Waals surface area contributed by atoms with Crippen molar-refractivity contribution in [3.05, 3.63) is 10.6 Å². The van der Waals surface area contributed by atoms with Crippen LogP contribution in [0.15, 0.2) is 0 Å². The van der Waals surface area contributed by atoms with E-state index in [-0.39, 0.29) is 5.97 Å². The Balaban J connectivity index is 2.06. The first kappa shape index (κ1) is 14.3. The minimum Gasteiger partial charge on any atom is -0.462 e. The summed E-state index contributed by atoms with van der Waals surface area (Å²) in [6, 6.07) is 0.599. The average Bonchev–Trinajstić information content (AvgIpc) is 2.81. The Hall–Kier alpha value is -1.14. The second-order valence-electron chi connectivity index (χ2n) is 4.68. The monoisotopic (exact) mass is 283 g/mol. The fourth-order valence-electron chi connectivity index (χ4n) is 2.26. The van der Waals surface area contributed by atoms with Crippen molar-refractivity contribution in [2.45, 2.75) is 32.7 Å². The molecule has 2 rings (SSSR count). The molecule has 0 atom stereocenters. The molecule has 1 aromatic rings. The molecule has 0 radical (unpaired) electrons. The van der Waals surface area contributed by atoms with Gasteiger partial charge in [0.05, 0.1) is 12.3 Å². The zero-order valence-corrected chi connectivity index (χ0v) is 12.5. The zero-order valence-electron chi connectivity index (χ0n) is 11.7. The fourth-order valence-corrected chi connectivity index (χ4v) is 3.28. The average molecular weight is 283 g/mol. The second kappa shape index (κ2) is 6.34. The van der Waals surface area contributed by atoms with Crippen LogP contribution in [-0.4, -0.2) is 43.7 Å². The van der Waals surface area contributed by atoms with E-state index in [1.165, 1.54) is 11.3 Å². The SMILES string of the molecule is CCOC(=O)c1sc(N2CCC(NC)CC2)nc1C. The van der Waals surface area contributed by atoms with Crippen LogP contribution in [0.5, 0.6) is 0 Å². The number of thiazole rings is 1. The first-order chi connectivity index (χ1) is 9.15. The Morgan fingerprint density at radius 1 is 1.53 bits per heavy atom. The lowest BCUT2D eigenvalue weighted by Crippen LogP contribution is -2.41. The summed E-state index contributed by atoms with van der Waals surface area (Å²) in [5.41, 5.74) is 0.772. The number of anilines is 1. The van der Waals surface area contributed by atoms with Gasteiger partial charge in [-0.15, -0.1) is 0 Å². The van der Waals surface area contributed by atoms with E-state index in [1.807, 2.05) is 20.9 Å². The summed E-state index contributed by atoms with van der Waals surface area (Å²) < 4.78 is 5.05. The molecule has 0 aliphatic carbocycles. The van der Waals surface area contributed by atoms with Crippen molar-refractivity contribution in [2.75, 3.05) is 31.6 Å². The van der Waals surface area contributed by atoms with Crippen molar-refractivity contribution in [3.63, 3.8) is 0 Å². The van der Waals surface area contributed by atoms with Crippen LogP contribution in [0.4, 0.5) is 5.13 Å². The van der Waals surface area contributed by atoms with Gasteiger partial charge in [0.1, 0.15) is 4.88 Å². The highest BCUT2D eigenvalue weighted by Gasteiger charge is 2.23. The Bertz CT molecular complexity index is 439. The normalized spacial score (nSPS) is 16.7. The van der Waals surface area contributed by atoms with Crippen LogP contribution in [0.3, 0.4) is 0 Å². The summed E-state index contributed by atoms with van der Waals surface area (Å²) in [5, 5.41) is 4.25. The van der Waals surface area contributed by atoms with Gasteiger partial charge in [0.2, 0.25) is 0 Å². The number of hydrogen-bond acceptors (Lipinski definition) is 6. The lowest BCUT2D eigenvalue weighted by Gasteiger charge is -2.31. The number of nitrogens with one attached hydrogen (secondary N) is 1. The Morgan fingerprint density at radius 3 is 2.79 bits per heavy atom. The molecule has 0 spiro atoms. The quantitative estimate of drug-likeness (QED) is 0.854. The Labute approximate surface area is 118 Å². The summed E-state index contributed by atoms with van der Waals surface area (Å²) >= 11 is 1.44. The van der Waals surface area contributed by atoms with Crippen LogP contribution >= 0.6 is 11.3 Å². The highest BCUT2D eigenvalue weighted by atomic mass is 32.1. The van der Waals surface area contributed by atoms with Gasteiger partial charge in [0, 0.05) is 19.1 Å². The minimum atomic E-state index is -0.256. The van der Waals surface area contributed by atoms with E-state index in [1.54, 1.807) is 0 Å². The largest absolute Gasteiger partial charge is 0.462 e. The van der Waals surface area contributed by atoms with E-state index in [0.717, 1.165) is 36.8 Å². The molecule has 106 valence electrons. The smallest absolute Gasteiger partial charge is 0.350 e. The minimum absolute atomic E-state index is 0.256. The molecule has 5 nitrogen and oxygen atoms in total. The van der Waals surface area contributed by atoms with Crippen LogP contribution in [0.25, 0.3) is 0 Å². The number of nitrogens with zero attached hydrogens (tertiary/aromatic N) is 2. The van der Waals surface area contributed by atoms with Gasteiger partial charge in [-0.3, -0.25) is 0 Å². The third-order valence-electron chi connectivity index (χ3n) is 3.42. The van der Waals surface area contributed by atoms with E-state index in [0.29, 0.717) is 17.5 Å². The molecule has 1 aromatic heterocycles. The van der Waals surface area contributed by atoms with Gasteiger partial charge in [0.15, 0.2) is 5.13 Å². The predicted octanol–water partition coefficient (Wildman–Crippen LogP) is 1.82. The number of piperidine rings is 1. The maximum Gasteiger partial charge on any atom is 0.350 e. The van der Waals surface area contributed by atoms with Gasteiger partial charge in [-0.2, -0.15) is 0 Å². The summed E-state index contributed by atoms with van der Waals surface area (Å²) in [7, 11) is 2.01. The molecule has 6 heteroatoms. The van der Waals surface area contributed by atoms with E-state index in [2.05, 4.69) is 15.2 Å². The van der Waals surface area contributed by atoms with E-state index >= 15 is 0 Å². The van der Waals surface area contributed by atoms with Gasteiger partial charge in [-0.1, -0.05) is 11.3 Å². The first-order valence-corrected chi connectivity index (χ1v) is 7.54. The molecule has 0 unspecified atom stereocenters. The van der Waals surface area contributed by atoms with Crippen LogP contribution in [-0.2, 0) is 4.74 Å². The molecule has 19 heavy (non-hydrogen) atoms. The van der Waals surface area contributed by atoms with E-state index in [4.69, 9.17) is 4.74 Å². The van der Waals surface area contributed by atoms with Crippen LogP contribution in [0.2, 0.25) is 0 Å². The van der Waals surface area contributed by atoms with Gasteiger partial charge in [-0.25, -0.2) is 9.78 Å². The molecule has 2 heterocycles. The Kier molecular flexibility index (Phi) is 4.76. The third-order valence-corrected chi connectivity index (χ3v) is 4.62. The van der Waals surface area contributed by atoms with Crippen molar-refractivity contribution in [3.8, 4) is 0 Å². The van der Waals surface area contributed by atoms with E-state index in [9.17, 15) is 4.79 Å². The molecule has 0 amide bonds. The lowest BCUT2D eigenvalue weighted by atomic mass is 10.1. The maximum atomic E-state index is 11.8. The fraction of sp³-hybridized carbons (Fsp3) is 0.692. The van der Waals surface area contributed by atoms with Gasteiger partial charge in [-0.05, 0) is 33.7 Å². The molecule has 1 N–H and O–H groups in total. The number of aryl methyl sites for hydroxylation is 1. The second-order valence-corrected chi connectivity index (χ2v) is 5.66. The zero-order chi connectivity index (χ0) is 13.8. The number of carbonyl (C=O) groups excluding carboxylic acids is 1. The molecular formula is C13H21N3O2S. The number of rotatable bonds is 4. The van der Waals surface area contributed by atoms with Crippen molar-refractivity contribution >= 4 is 22.4 Å². The van der Waals surface area contributed by atoms with E-state index < -0.39 is 0 Å². The van der Waals surface area contributed by atoms with Gasteiger partial charge in [0.25, 0.3) is 0 Å². The number of hydrogen-bond donors (Lipinski definition) is 1. The number of aromatic nitrogens is 1. The standard InChI is InChI=1S/C13H21N3O2S/c1-4-18-12(17)11-9(2)15-13(19-11)16-7-5-10(14-3)6-8-16/h10,14H,4-8H2,1-3H3. The van der Waals surface area contributed by atoms with Gasteiger partial charge >= 0.3 is 5.97 Å². The molecule has 1 aliphatic heterocycles. The topological polar surface area (TPSA) is 54.5 Å². The van der Waals surface area contributed by atoms with Crippen molar-refractivity contribution in [1.82, 2.24) is 10.3 Å². The summed E-state index contributed by atoms with van der Waals surface area (Å²) in [4.78, 5) is 19.2. The molecule has 1 fully saturated rings. The molecule has 0 saturated carbocycles. The Morgan fingerprint density at radius 2 is 2.21 bits per heavy atom. The van der Waals surface area contributed by atoms with Crippen molar-refractivity contribution < 1.29 is 9.53 Å². The number of ether oxygens (including phenoxy) is 1. The number of carbonyl (C=O) groups is 1. The van der Waals surface area contributed by atoms with Crippen molar-refractivity contribution in [1.29, 1.82) is 0 Å². The highest BCUT2D eigenvalue weighted by molar-refractivity contribution is 7.17. The molecule has 1 saturated heterocycles. The van der Waals surface area contributed by atoms with Crippen LogP contribution < -0.4 is 10.2 Å². The molecule has 0 bridgehead atoms.